The van der Waals surface area contributed by atoms with E-state index in [1.165, 1.54) is 0 Å². The zero-order valence-electron chi connectivity index (χ0n) is 10.2. The van der Waals surface area contributed by atoms with Gasteiger partial charge in [0.15, 0.2) is 0 Å². The van der Waals surface area contributed by atoms with Crippen molar-refractivity contribution < 1.29 is 9.47 Å². The van der Waals surface area contributed by atoms with Crippen LogP contribution in [0.15, 0.2) is 48.5 Å². The molecule has 0 aliphatic carbocycles. The third-order valence-corrected chi connectivity index (χ3v) is 3.08. The van der Waals surface area contributed by atoms with Crippen LogP contribution in [0.2, 0.25) is 0 Å². The van der Waals surface area contributed by atoms with Crippen LogP contribution >= 0.6 is 0 Å². The summed E-state index contributed by atoms with van der Waals surface area (Å²) >= 11 is 0. The molecule has 2 heteroatoms. The Kier molecular flexibility index (Phi) is 2.77. The summed E-state index contributed by atoms with van der Waals surface area (Å²) in [5, 5.41) is 0. The van der Waals surface area contributed by atoms with Gasteiger partial charge in [-0.05, 0) is 18.2 Å². The van der Waals surface area contributed by atoms with E-state index in [-0.39, 0.29) is 0 Å². The molecule has 3 rings (SSSR count). The van der Waals surface area contributed by atoms with Gasteiger partial charge in [0.25, 0.3) is 0 Å². The van der Waals surface area contributed by atoms with Gasteiger partial charge in [-0.15, -0.1) is 0 Å². The Bertz CT molecular complexity index is 600. The highest BCUT2D eigenvalue weighted by atomic mass is 16.5. The highest BCUT2D eigenvalue weighted by Gasteiger charge is 2.14. The molecular formula is C16H14O2. The van der Waals surface area contributed by atoms with Gasteiger partial charge in [0, 0.05) is 16.7 Å². The molecule has 2 nitrogen and oxygen atoms in total. The topological polar surface area (TPSA) is 18.5 Å². The van der Waals surface area contributed by atoms with Gasteiger partial charge in [0.2, 0.25) is 0 Å². The lowest BCUT2D eigenvalue weighted by Crippen LogP contribution is -2.07. The van der Waals surface area contributed by atoms with Gasteiger partial charge < -0.3 is 9.47 Å². The average Bonchev–Trinajstić information content (AvgIpc) is 2.46. The van der Waals surface area contributed by atoms with Crippen LogP contribution in [0.4, 0.5) is 0 Å². The molecule has 2 aromatic carbocycles. The maximum atomic E-state index is 5.77. The lowest BCUT2D eigenvalue weighted by molar-refractivity contribution is 0.364. The molecular weight excluding hydrogens is 224 g/mol. The Morgan fingerprint density at radius 2 is 1.78 bits per heavy atom. The van der Waals surface area contributed by atoms with Crippen LogP contribution in [-0.2, 0) is 0 Å². The maximum Gasteiger partial charge on any atom is 0.127 e. The molecule has 90 valence electrons. The van der Waals surface area contributed by atoms with Crippen LogP contribution in [0.3, 0.4) is 0 Å². The smallest absolute Gasteiger partial charge is 0.127 e. The van der Waals surface area contributed by atoms with Gasteiger partial charge in [-0.25, -0.2) is 0 Å². The van der Waals surface area contributed by atoms with Crippen LogP contribution in [0.1, 0.15) is 11.1 Å². The van der Waals surface area contributed by atoms with Crippen LogP contribution < -0.4 is 9.47 Å². The van der Waals surface area contributed by atoms with Gasteiger partial charge in [-0.2, -0.15) is 0 Å². The summed E-state index contributed by atoms with van der Waals surface area (Å²) in [5.41, 5.74) is 3.35. The van der Waals surface area contributed by atoms with Gasteiger partial charge in [0.1, 0.15) is 18.1 Å². The van der Waals surface area contributed by atoms with Crippen molar-refractivity contribution in [2.75, 3.05) is 13.7 Å². The summed E-state index contributed by atoms with van der Waals surface area (Å²) in [6.45, 7) is 0.581. The fourth-order valence-electron chi connectivity index (χ4n) is 2.18. The molecule has 0 spiro atoms. The lowest BCUT2D eigenvalue weighted by Gasteiger charge is -2.19. The normalized spacial score (nSPS) is 13.3. The number of para-hydroxylation sites is 2. The Hall–Kier alpha value is -2.22. The lowest BCUT2D eigenvalue weighted by atomic mass is 10.0. The number of methoxy groups -OCH3 is 1. The Morgan fingerprint density at radius 1 is 1.00 bits per heavy atom. The Balaban J connectivity index is 2.07. The minimum absolute atomic E-state index is 0.581. The van der Waals surface area contributed by atoms with Crippen molar-refractivity contribution in [3.05, 3.63) is 59.7 Å². The third kappa shape index (κ3) is 1.86. The van der Waals surface area contributed by atoms with Crippen molar-refractivity contribution >= 4 is 11.6 Å². The number of hydrogen-bond acceptors (Lipinski definition) is 2. The van der Waals surface area contributed by atoms with Gasteiger partial charge in [-0.3, -0.25) is 0 Å². The van der Waals surface area contributed by atoms with Crippen molar-refractivity contribution in [2.24, 2.45) is 0 Å². The van der Waals surface area contributed by atoms with Crippen molar-refractivity contribution in [1.29, 1.82) is 0 Å². The number of rotatable bonds is 2. The molecule has 0 saturated carbocycles. The summed E-state index contributed by atoms with van der Waals surface area (Å²) in [4.78, 5) is 0. The summed E-state index contributed by atoms with van der Waals surface area (Å²) in [7, 11) is 1.69. The van der Waals surface area contributed by atoms with Crippen LogP contribution in [0, 0.1) is 0 Å². The fraction of sp³-hybridized carbons (Fsp3) is 0.125. The molecule has 0 bridgehead atoms. The third-order valence-electron chi connectivity index (χ3n) is 3.08. The first-order valence-corrected chi connectivity index (χ1v) is 5.94. The molecule has 1 aliphatic heterocycles. The number of ether oxygens (including phenoxy) is 2. The first kappa shape index (κ1) is 10.9. The summed E-state index contributed by atoms with van der Waals surface area (Å²) < 4.78 is 11.2. The monoisotopic (exact) mass is 238 g/mol. The first-order chi connectivity index (χ1) is 8.88. The van der Waals surface area contributed by atoms with Gasteiger partial charge in [-0.1, -0.05) is 36.4 Å². The average molecular weight is 238 g/mol. The minimum Gasteiger partial charge on any atom is -0.496 e. The highest BCUT2D eigenvalue weighted by molar-refractivity contribution is 5.87. The van der Waals surface area contributed by atoms with E-state index in [4.69, 9.17) is 9.47 Å². The second kappa shape index (κ2) is 4.57. The summed E-state index contributed by atoms with van der Waals surface area (Å²) in [6.07, 6.45) is 2.16. The first-order valence-electron chi connectivity index (χ1n) is 5.94. The van der Waals surface area contributed by atoms with E-state index in [1.807, 2.05) is 36.4 Å². The molecule has 0 aromatic heterocycles. The molecule has 0 unspecified atom stereocenters. The molecule has 0 saturated heterocycles. The molecule has 2 aromatic rings. The van der Waals surface area contributed by atoms with Gasteiger partial charge >= 0.3 is 0 Å². The quantitative estimate of drug-likeness (QED) is 0.795. The molecule has 0 radical (unpaired) electrons. The highest BCUT2D eigenvalue weighted by Crippen LogP contribution is 2.33. The molecule has 1 heterocycles. The molecule has 18 heavy (non-hydrogen) atoms. The van der Waals surface area contributed by atoms with E-state index < -0.39 is 0 Å². The molecule has 0 N–H and O–H groups in total. The van der Waals surface area contributed by atoms with E-state index in [0.29, 0.717) is 6.61 Å². The van der Waals surface area contributed by atoms with E-state index >= 15 is 0 Å². The van der Waals surface area contributed by atoms with Crippen molar-refractivity contribution in [3.63, 3.8) is 0 Å². The van der Waals surface area contributed by atoms with E-state index in [9.17, 15) is 0 Å². The molecule has 0 atom stereocenters. The predicted molar refractivity (Wildman–Crippen MR) is 72.8 cm³/mol. The molecule has 0 fully saturated rings. The fourth-order valence-corrected chi connectivity index (χ4v) is 2.18. The number of hydrogen-bond donors (Lipinski definition) is 0. The summed E-state index contributed by atoms with van der Waals surface area (Å²) in [6, 6.07) is 16.1. The van der Waals surface area contributed by atoms with E-state index in [0.717, 1.165) is 28.2 Å². The Morgan fingerprint density at radius 3 is 2.67 bits per heavy atom. The van der Waals surface area contributed by atoms with Crippen LogP contribution in [-0.4, -0.2) is 13.7 Å². The van der Waals surface area contributed by atoms with Crippen molar-refractivity contribution in [1.82, 2.24) is 0 Å². The van der Waals surface area contributed by atoms with E-state index in [1.54, 1.807) is 7.11 Å². The maximum absolute atomic E-state index is 5.77. The number of benzene rings is 2. The standard InChI is InChI=1S/C16H14O2/c1-17-16-9-5-3-7-14(16)13-10-12-6-2-4-8-15(12)18-11-13/h2-10H,11H2,1H3. The van der Waals surface area contributed by atoms with Crippen LogP contribution in [0.5, 0.6) is 11.5 Å². The van der Waals surface area contributed by atoms with Gasteiger partial charge in [0.05, 0.1) is 7.11 Å². The second-order valence-corrected chi connectivity index (χ2v) is 4.20. The predicted octanol–water partition coefficient (Wildman–Crippen LogP) is 3.63. The molecule has 0 amide bonds. The van der Waals surface area contributed by atoms with Crippen molar-refractivity contribution in [2.45, 2.75) is 0 Å². The number of fused-ring (bicyclic) bond motifs is 1. The van der Waals surface area contributed by atoms with Crippen LogP contribution in [0.25, 0.3) is 11.6 Å². The second-order valence-electron chi connectivity index (χ2n) is 4.20. The largest absolute Gasteiger partial charge is 0.496 e. The van der Waals surface area contributed by atoms with Crippen molar-refractivity contribution in [3.8, 4) is 11.5 Å². The Labute approximate surface area is 106 Å². The zero-order valence-corrected chi connectivity index (χ0v) is 10.2. The SMILES string of the molecule is COc1ccccc1C1=Cc2ccccc2OC1. The summed E-state index contributed by atoms with van der Waals surface area (Å²) in [5.74, 6) is 1.82. The zero-order chi connectivity index (χ0) is 12.4. The van der Waals surface area contributed by atoms with E-state index in [2.05, 4.69) is 18.2 Å². The minimum atomic E-state index is 0.581. The molecule has 1 aliphatic rings.